The highest BCUT2D eigenvalue weighted by molar-refractivity contribution is 7.99. The van der Waals surface area contributed by atoms with E-state index < -0.39 is 18.0 Å². The summed E-state index contributed by atoms with van der Waals surface area (Å²) in [5.41, 5.74) is 7.34. The number of aromatic nitrogens is 1. The summed E-state index contributed by atoms with van der Waals surface area (Å²) >= 11 is 1.83. The number of carboxylic acid groups (broad SMARTS) is 2. The number of pyridine rings is 1. The molecular weight excluding hydrogens is 598 g/mol. The molecule has 5 N–H and O–H groups in total. The molecule has 0 saturated heterocycles. The Bertz CT molecular complexity index is 889. The van der Waals surface area contributed by atoms with Crippen LogP contribution in [0.2, 0.25) is 0 Å². The molecule has 0 aliphatic carbocycles. The number of carbonyl (C=O) groups excluding carboxylic acids is 1. The van der Waals surface area contributed by atoms with Gasteiger partial charge in [-0.3, -0.25) is 19.4 Å². The van der Waals surface area contributed by atoms with Crippen LogP contribution in [0, 0.1) is 5.92 Å². The van der Waals surface area contributed by atoms with E-state index in [9.17, 15) is 14.4 Å². The molecule has 8 nitrogen and oxygen atoms in total. The van der Waals surface area contributed by atoms with Crippen molar-refractivity contribution < 1.29 is 24.6 Å². The van der Waals surface area contributed by atoms with Crippen LogP contribution in [0.4, 0.5) is 0 Å². The molecule has 264 valence electrons. The van der Waals surface area contributed by atoms with Gasteiger partial charge >= 0.3 is 11.9 Å². The predicted molar refractivity (Wildman–Crippen MR) is 191 cm³/mol. The van der Waals surface area contributed by atoms with Crippen LogP contribution >= 0.6 is 11.8 Å². The number of carboxylic acids is 2. The Labute approximate surface area is 283 Å². The summed E-state index contributed by atoms with van der Waals surface area (Å²) in [7, 11) is 0. The molecule has 0 saturated carbocycles. The quantitative estimate of drug-likeness (QED) is 0.0548. The highest BCUT2D eigenvalue weighted by Crippen LogP contribution is 2.24. The zero-order valence-corrected chi connectivity index (χ0v) is 29.4. The van der Waals surface area contributed by atoms with E-state index in [-0.39, 0.29) is 5.91 Å². The number of nitrogens with one attached hydrogen (secondary N) is 1. The average molecular weight is 664 g/mol. The van der Waals surface area contributed by atoms with E-state index in [1.54, 1.807) is 6.20 Å². The summed E-state index contributed by atoms with van der Waals surface area (Å²) in [6.45, 7) is 0.572. The largest absolute Gasteiger partial charge is 0.481 e. The maximum atomic E-state index is 12.5. The number of unbranched alkanes of at least 4 members (excludes halogenated alkanes) is 17. The molecule has 0 aromatic carbocycles. The van der Waals surface area contributed by atoms with E-state index in [1.165, 1.54) is 96.3 Å². The number of nitrogens with zero attached hydrogens (tertiary/aromatic N) is 1. The highest BCUT2D eigenvalue weighted by atomic mass is 32.2. The van der Waals surface area contributed by atoms with Crippen molar-refractivity contribution in [2.45, 2.75) is 160 Å². The first-order valence-corrected chi connectivity index (χ1v) is 19.5. The molecule has 46 heavy (non-hydrogen) atoms. The Balaban J connectivity index is 2.23. The third-order valence-corrected chi connectivity index (χ3v) is 9.98. The zero-order valence-electron chi connectivity index (χ0n) is 28.6. The fourth-order valence-corrected chi connectivity index (χ4v) is 7.03. The molecule has 9 heteroatoms. The minimum Gasteiger partial charge on any atom is -0.481 e. The Morgan fingerprint density at radius 3 is 1.59 bits per heavy atom. The number of hydrogen-bond donors (Lipinski definition) is 4. The second-order valence-electron chi connectivity index (χ2n) is 13.0. The Hall–Kier alpha value is -2.13. The molecular formula is C37H65N3O5S. The molecule has 1 aromatic rings. The number of aliphatic carboxylic acids is 2. The van der Waals surface area contributed by atoms with Crippen molar-refractivity contribution in [2.75, 3.05) is 18.1 Å². The minimum absolute atomic E-state index is 0.0740. The summed E-state index contributed by atoms with van der Waals surface area (Å²) < 4.78 is 0. The van der Waals surface area contributed by atoms with Gasteiger partial charge in [0.05, 0.1) is 6.04 Å². The zero-order chi connectivity index (χ0) is 33.5. The smallest absolute Gasteiger partial charge is 0.303 e. The van der Waals surface area contributed by atoms with E-state index in [4.69, 9.17) is 15.9 Å². The normalized spacial score (nSPS) is 12.5. The Morgan fingerprint density at radius 2 is 1.15 bits per heavy atom. The molecule has 0 unspecified atom stereocenters. The first-order chi connectivity index (χ1) is 22.4. The Kier molecular flexibility index (Phi) is 27.5. The molecule has 0 spiro atoms. The van der Waals surface area contributed by atoms with E-state index >= 15 is 0 Å². The third-order valence-electron chi connectivity index (χ3n) is 8.68. The van der Waals surface area contributed by atoms with Gasteiger partial charge < -0.3 is 21.3 Å². The fraction of sp³-hybridized carbons (Fsp3) is 0.784. The standard InChI is InChI=1S/C37H65N3O5S/c38-34(37(45)40-28-26-32-23-20-27-39-29-32)31-46-30-33(22-17-13-9-5-3-7-11-15-19-25-36(43)44)21-16-12-8-4-1-2-6-10-14-18-24-35(41)42/h20,23,27,29,33-34H,1-19,21-22,24-26,28,30-31,38H2,(H,40,45)(H,41,42)(H,43,44)/t33-,34+/m1/s1. The van der Waals surface area contributed by atoms with Crippen LogP contribution in [0.5, 0.6) is 0 Å². The van der Waals surface area contributed by atoms with E-state index in [2.05, 4.69) is 10.3 Å². The second kappa shape index (κ2) is 30.2. The van der Waals surface area contributed by atoms with E-state index in [0.29, 0.717) is 31.1 Å². The van der Waals surface area contributed by atoms with Crippen molar-refractivity contribution >= 4 is 29.6 Å². The molecule has 0 radical (unpaired) electrons. The summed E-state index contributed by atoms with van der Waals surface area (Å²) in [5, 5.41) is 20.4. The molecule has 1 rings (SSSR count). The molecule has 1 amide bonds. The maximum absolute atomic E-state index is 12.5. The number of amides is 1. The number of nitrogens with two attached hydrogens (primary N) is 1. The van der Waals surface area contributed by atoms with Crippen LogP contribution in [0.1, 0.15) is 153 Å². The van der Waals surface area contributed by atoms with Gasteiger partial charge in [-0.2, -0.15) is 11.8 Å². The number of rotatable bonds is 33. The van der Waals surface area contributed by atoms with Gasteiger partial charge in [0.15, 0.2) is 0 Å². The topological polar surface area (TPSA) is 143 Å². The fourth-order valence-electron chi connectivity index (χ4n) is 5.83. The van der Waals surface area contributed by atoms with Crippen molar-refractivity contribution in [3.8, 4) is 0 Å². The van der Waals surface area contributed by atoms with Crippen molar-refractivity contribution in [1.29, 1.82) is 0 Å². The van der Waals surface area contributed by atoms with Crippen LogP contribution in [0.15, 0.2) is 24.5 Å². The van der Waals surface area contributed by atoms with Gasteiger partial charge in [-0.1, -0.05) is 115 Å². The number of hydrogen-bond acceptors (Lipinski definition) is 6. The van der Waals surface area contributed by atoms with Crippen LogP contribution in [0.25, 0.3) is 0 Å². The Morgan fingerprint density at radius 1 is 0.696 bits per heavy atom. The molecule has 0 fully saturated rings. The maximum Gasteiger partial charge on any atom is 0.303 e. The van der Waals surface area contributed by atoms with Crippen LogP contribution in [-0.4, -0.2) is 57.1 Å². The lowest BCUT2D eigenvalue weighted by molar-refractivity contribution is -0.138. The van der Waals surface area contributed by atoms with Crippen molar-refractivity contribution in [2.24, 2.45) is 11.7 Å². The van der Waals surface area contributed by atoms with Gasteiger partial charge in [0.1, 0.15) is 0 Å². The van der Waals surface area contributed by atoms with Gasteiger partial charge in [-0.15, -0.1) is 0 Å². The molecule has 0 aliphatic heterocycles. The van der Waals surface area contributed by atoms with Crippen molar-refractivity contribution in [3.05, 3.63) is 30.1 Å². The van der Waals surface area contributed by atoms with Gasteiger partial charge in [0.25, 0.3) is 0 Å². The van der Waals surface area contributed by atoms with E-state index in [0.717, 1.165) is 56.3 Å². The average Bonchev–Trinajstić information content (AvgIpc) is 3.03. The van der Waals surface area contributed by atoms with Gasteiger partial charge in [-0.25, -0.2) is 0 Å². The van der Waals surface area contributed by atoms with Crippen LogP contribution in [0.3, 0.4) is 0 Å². The number of carbonyl (C=O) groups is 3. The first kappa shape index (κ1) is 41.9. The van der Waals surface area contributed by atoms with Crippen LogP contribution in [-0.2, 0) is 20.8 Å². The molecule has 0 bridgehead atoms. The summed E-state index contributed by atoms with van der Waals surface area (Å²) in [6.07, 6.45) is 29.8. The van der Waals surface area contributed by atoms with E-state index in [1.807, 2.05) is 30.1 Å². The summed E-state index contributed by atoms with van der Waals surface area (Å²) in [5.74, 6) is 0.940. The predicted octanol–water partition coefficient (Wildman–Crippen LogP) is 8.56. The molecule has 0 aliphatic rings. The monoisotopic (exact) mass is 663 g/mol. The molecule has 1 heterocycles. The highest BCUT2D eigenvalue weighted by Gasteiger charge is 2.15. The lowest BCUT2D eigenvalue weighted by Gasteiger charge is -2.18. The van der Waals surface area contributed by atoms with Gasteiger partial charge in [0.2, 0.25) is 5.91 Å². The molecule has 2 atom stereocenters. The third kappa shape index (κ3) is 27.0. The second-order valence-corrected chi connectivity index (χ2v) is 14.1. The molecule has 1 aromatic heterocycles. The minimum atomic E-state index is -0.688. The lowest BCUT2D eigenvalue weighted by atomic mass is 9.95. The van der Waals surface area contributed by atoms with Gasteiger partial charge in [0, 0.05) is 37.5 Å². The first-order valence-electron chi connectivity index (χ1n) is 18.3. The number of thioether (sulfide) groups is 1. The van der Waals surface area contributed by atoms with Crippen molar-refractivity contribution in [3.63, 3.8) is 0 Å². The van der Waals surface area contributed by atoms with Gasteiger partial charge in [-0.05, 0) is 55.4 Å². The summed E-state index contributed by atoms with van der Waals surface area (Å²) in [4.78, 5) is 37.8. The van der Waals surface area contributed by atoms with Crippen LogP contribution < -0.4 is 11.1 Å². The van der Waals surface area contributed by atoms with Crippen molar-refractivity contribution in [1.82, 2.24) is 10.3 Å². The SMILES string of the molecule is N[C@@H](CSC[C@H](CCCCCCCCCCCCC(=O)O)CCCCCCCCCCCC(=O)O)C(=O)NCCc1cccnc1. The lowest BCUT2D eigenvalue weighted by Crippen LogP contribution is -2.43. The summed E-state index contributed by atoms with van der Waals surface area (Å²) in [6, 6.07) is 3.43.